The zero-order chi connectivity index (χ0) is 18.2. The predicted molar refractivity (Wildman–Crippen MR) is 85.4 cm³/mol. The summed E-state index contributed by atoms with van der Waals surface area (Å²) in [5.41, 5.74) is 0.822. The summed E-state index contributed by atoms with van der Waals surface area (Å²) in [6.45, 7) is 0.0767. The normalized spacial score (nSPS) is 16.1. The molecule has 0 bridgehead atoms. The van der Waals surface area contributed by atoms with Gasteiger partial charge >= 0.3 is 12.1 Å². The number of carboxylic acids is 1. The van der Waals surface area contributed by atoms with Crippen molar-refractivity contribution in [3.05, 3.63) is 35.9 Å². The number of imide groups is 1. The number of ether oxygens (including phenoxy) is 1. The van der Waals surface area contributed by atoms with Gasteiger partial charge in [-0.15, -0.1) is 0 Å². The molecule has 2 rings (SSSR count). The predicted octanol–water partition coefficient (Wildman–Crippen LogP) is -0.285. The van der Waals surface area contributed by atoms with Crippen molar-refractivity contribution in [3.8, 4) is 0 Å². The molecule has 0 aromatic heterocycles. The van der Waals surface area contributed by atoms with Crippen LogP contribution in [0.5, 0.6) is 0 Å². The van der Waals surface area contributed by atoms with Crippen LogP contribution in [0.4, 0.5) is 4.79 Å². The van der Waals surface area contributed by atoms with Crippen LogP contribution in [0.25, 0.3) is 0 Å². The van der Waals surface area contributed by atoms with E-state index < -0.39 is 29.9 Å². The zero-order valence-electron chi connectivity index (χ0n) is 13.4. The minimum atomic E-state index is -1.02. The van der Waals surface area contributed by atoms with Crippen molar-refractivity contribution in [1.82, 2.24) is 15.5 Å². The topological polar surface area (TPSA) is 125 Å². The molecular formula is C16H19N3O6. The van der Waals surface area contributed by atoms with Crippen molar-refractivity contribution in [2.45, 2.75) is 19.1 Å². The number of carbonyl (C=O) groups is 4. The van der Waals surface area contributed by atoms with E-state index in [0.717, 1.165) is 10.5 Å². The Morgan fingerprint density at radius 3 is 2.60 bits per heavy atom. The molecule has 1 aromatic rings. The van der Waals surface area contributed by atoms with Gasteiger partial charge in [0.05, 0.1) is 13.1 Å². The number of hydrogen-bond donors (Lipinski definition) is 3. The molecule has 25 heavy (non-hydrogen) atoms. The zero-order valence-corrected chi connectivity index (χ0v) is 13.4. The molecule has 1 saturated heterocycles. The molecule has 1 fully saturated rings. The number of aliphatic carboxylic acids is 1. The maximum absolute atomic E-state index is 11.9. The summed E-state index contributed by atoms with van der Waals surface area (Å²) >= 11 is 0. The van der Waals surface area contributed by atoms with Crippen LogP contribution in [-0.4, -0.2) is 59.6 Å². The molecule has 0 spiro atoms. The second kappa shape index (κ2) is 8.78. The lowest BCUT2D eigenvalue weighted by atomic mass is 10.1. The van der Waals surface area contributed by atoms with Crippen molar-refractivity contribution >= 4 is 23.9 Å². The van der Waals surface area contributed by atoms with E-state index in [2.05, 4.69) is 10.6 Å². The van der Waals surface area contributed by atoms with Gasteiger partial charge in [-0.25, -0.2) is 4.79 Å². The summed E-state index contributed by atoms with van der Waals surface area (Å²) in [4.78, 5) is 46.7. The van der Waals surface area contributed by atoms with Crippen molar-refractivity contribution < 1.29 is 29.0 Å². The number of carboxylic acid groups (broad SMARTS) is 1. The highest BCUT2D eigenvalue weighted by Crippen LogP contribution is 2.12. The Hall–Kier alpha value is -2.94. The second-order valence-corrected chi connectivity index (χ2v) is 5.42. The van der Waals surface area contributed by atoms with Gasteiger partial charge < -0.3 is 20.5 Å². The van der Waals surface area contributed by atoms with Crippen LogP contribution in [-0.2, 0) is 25.7 Å². The monoisotopic (exact) mass is 349 g/mol. The molecule has 134 valence electrons. The molecule has 3 N–H and O–H groups in total. The highest BCUT2D eigenvalue weighted by atomic mass is 16.5. The minimum Gasteiger partial charge on any atom is -0.480 e. The molecule has 9 nitrogen and oxygen atoms in total. The maximum atomic E-state index is 11.9. The van der Waals surface area contributed by atoms with Gasteiger partial charge in [-0.3, -0.25) is 19.3 Å². The van der Waals surface area contributed by atoms with Crippen molar-refractivity contribution in [2.75, 3.05) is 19.6 Å². The molecule has 9 heteroatoms. The maximum Gasteiger partial charge on any atom is 0.408 e. The number of amides is 3. The van der Waals surface area contributed by atoms with Gasteiger partial charge in [0.15, 0.2) is 0 Å². The highest BCUT2D eigenvalue weighted by Gasteiger charge is 2.41. The van der Waals surface area contributed by atoms with Gasteiger partial charge in [-0.05, 0) is 5.56 Å². The second-order valence-electron chi connectivity index (χ2n) is 5.42. The lowest BCUT2D eigenvalue weighted by molar-refractivity contribution is -0.155. The summed E-state index contributed by atoms with van der Waals surface area (Å²) in [6.07, 6.45) is -0.720. The average molecular weight is 349 g/mol. The van der Waals surface area contributed by atoms with Gasteiger partial charge in [0.2, 0.25) is 5.91 Å². The minimum absolute atomic E-state index is 0.00416. The molecule has 1 aliphatic heterocycles. The molecule has 3 amide bonds. The van der Waals surface area contributed by atoms with Crippen molar-refractivity contribution in [1.29, 1.82) is 0 Å². The quantitative estimate of drug-likeness (QED) is 0.435. The van der Waals surface area contributed by atoms with Crippen molar-refractivity contribution in [3.63, 3.8) is 0 Å². The van der Waals surface area contributed by atoms with Gasteiger partial charge in [-0.1, -0.05) is 30.3 Å². The first kappa shape index (κ1) is 18.4. The number of β-lactam (4-membered cyclic amide) rings is 1. The van der Waals surface area contributed by atoms with E-state index in [1.165, 1.54) is 0 Å². The van der Waals surface area contributed by atoms with Crippen LogP contribution < -0.4 is 10.6 Å². The van der Waals surface area contributed by atoms with Crippen LogP contribution in [0.3, 0.4) is 0 Å². The molecular weight excluding hydrogens is 330 g/mol. The first-order chi connectivity index (χ1) is 12.0. The number of carbonyl (C=O) groups excluding carboxylic acids is 3. The molecule has 1 aromatic carbocycles. The molecule has 1 atom stereocenters. The van der Waals surface area contributed by atoms with Gasteiger partial charge in [0.1, 0.15) is 12.6 Å². The number of likely N-dealkylation sites (tertiary alicyclic amines) is 1. The van der Waals surface area contributed by atoms with E-state index in [1.54, 1.807) is 12.1 Å². The third-order valence-corrected chi connectivity index (χ3v) is 3.53. The lowest BCUT2D eigenvalue weighted by Crippen LogP contribution is -2.65. The fourth-order valence-electron chi connectivity index (χ4n) is 2.19. The van der Waals surface area contributed by atoms with E-state index in [1.807, 2.05) is 18.2 Å². The van der Waals surface area contributed by atoms with Gasteiger partial charge in [0, 0.05) is 13.0 Å². The van der Waals surface area contributed by atoms with Crippen LogP contribution in [0.2, 0.25) is 0 Å². The number of nitrogens with one attached hydrogen (secondary N) is 2. The third kappa shape index (κ3) is 5.57. The summed E-state index contributed by atoms with van der Waals surface area (Å²) in [5, 5.41) is 13.4. The number of hydrogen-bond acceptors (Lipinski definition) is 6. The first-order valence-corrected chi connectivity index (χ1v) is 7.71. The number of nitrogens with zero attached hydrogens (tertiary/aromatic N) is 1. The molecule has 1 unspecified atom stereocenters. The molecule has 0 saturated carbocycles. The van der Waals surface area contributed by atoms with Gasteiger partial charge in [0.25, 0.3) is 5.91 Å². The van der Waals surface area contributed by atoms with Crippen molar-refractivity contribution in [2.24, 2.45) is 0 Å². The SMILES string of the molecule is O=C(O)CNCCC(=O)N1CC(NC(=O)OCc2ccccc2)C1=O. The Morgan fingerprint density at radius 2 is 1.96 bits per heavy atom. The molecule has 1 aliphatic rings. The molecule has 0 aliphatic carbocycles. The van der Waals surface area contributed by atoms with Gasteiger partial charge in [-0.2, -0.15) is 0 Å². The largest absolute Gasteiger partial charge is 0.480 e. The van der Waals surface area contributed by atoms with Crippen LogP contribution in [0, 0.1) is 0 Å². The first-order valence-electron chi connectivity index (χ1n) is 7.71. The van der Waals surface area contributed by atoms with E-state index in [-0.39, 0.29) is 32.7 Å². The van der Waals surface area contributed by atoms with E-state index in [0.29, 0.717) is 0 Å². The third-order valence-electron chi connectivity index (χ3n) is 3.53. The van der Waals surface area contributed by atoms with E-state index >= 15 is 0 Å². The Balaban J connectivity index is 1.65. The standard InChI is InChI=1S/C16H19N3O6/c20-13(6-7-17-8-14(21)22)19-9-12(15(19)23)18-16(24)25-10-11-4-2-1-3-5-11/h1-5,12,17H,6-10H2,(H,18,24)(H,21,22). The number of alkyl carbamates (subject to hydrolysis) is 1. The lowest BCUT2D eigenvalue weighted by Gasteiger charge is -2.36. The highest BCUT2D eigenvalue weighted by molar-refractivity contribution is 6.04. The Labute approximate surface area is 143 Å². The molecule has 1 heterocycles. The number of benzene rings is 1. The summed E-state index contributed by atoms with van der Waals surface area (Å²) in [7, 11) is 0. The van der Waals surface area contributed by atoms with E-state index in [4.69, 9.17) is 9.84 Å². The van der Waals surface area contributed by atoms with Crippen LogP contribution >= 0.6 is 0 Å². The summed E-state index contributed by atoms with van der Waals surface area (Å²) in [6, 6.07) is 8.32. The van der Waals surface area contributed by atoms with Crippen LogP contribution in [0.1, 0.15) is 12.0 Å². The summed E-state index contributed by atoms with van der Waals surface area (Å²) in [5.74, 6) is -1.94. The fraction of sp³-hybridized carbons (Fsp3) is 0.375. The Kier molecular flexibility index (Phi) is 6.47. The Bertz CT molecular complexity index is 649. The Morgan fingerprint density at radius 1 is 1.24 bits per heavy atom. The smallest absolute Gasteiger partial charge is 0.408 e. The van der Waals surface area contributed by atoms with E-state index in [9.17, 15) is 19.2 Å². The average Bonchev–Trinajstić information content (AvgIpc) is 2.60. The number of rotatable bonds is 8. The van der Waals surface area contributed by atoms with Crippen LogP contribution in [0.15, 0.2) is 30.3 Å². The molecule has 0 radical (unpaired) electrons. The summed E-state index contributed by atoms with van der Waals surface area (Å²) < 4.78 is 5.01. The fourth-order valence-corrected chi connectivity index (χ4v) is 2.19.